The Morgan fingerprint density at radius 3 is 2.41 bits per heavy atom. The molecule has 2 saturated carbocycles. The summed E-state index contributed by atoms with van der Waals surface area (Å²) in [5, 5.41) is 5.08. The fraction of sp³-hybridized carbons (Fsp3) is 0.519. The average molecular weight is 653 g/mol. The van der Waals surface area contributed by atoms with Crippen molar-refractivity contribution in [2.75, 3.05) is 6.61 Å². The number of alkyl halides is 6. The minimum Gasteiger partial charge on any atom is -0.493 e. The van der Waals surface area contributed by atoms with E-state index in [0.717, 1.165) is 18.9 Å². The summed E-state index contributed by atoms with van der Waals surface area (Å²) in [4.78, 5) is 26.5. The van der Waals surface area contributed by atoms with Crippen molar-refractivity contribution in [1.29, 1.82) is 0 Å². The highest BCUT2D eigenvalue weighted by molar-refractivity contribution is 7.91. The molecule has 1 atom stereocenters. The Labute approximate surface area is 246 Å². The van der Waals surface area contributed by atoms with Crippen LogP contribution < -0.4 is 14.8 Å². The smallest absolute Gasteiger partial charge is 0.416 e. The second-order valence-electron chi connectivity index (χ2n) is 11.1. The molecule has 5 rings (SSSR count). The Morgan fingerprint density at radius 2 is 1.82 bits per heavy atom. The van der Waals surface area contributed by atoms with Gasteiger partial charge in [0.2, 0.25) is 10.0 Å². The zero-order valence-corrected chi connectivity index (χ0v) is 23.7. The molecule has 2 aliphatic carbocycles. The highest BCUT2D eigenvalue weighted by atomic mass is 32.2. The Hall–Kier alpha value is -3.63. The molecule has 2 heterocycles. The highest BCUT2D eigenvalue weighted by Crippen LogP contribution is 2.49. The van der Waals surface area contributed by atoms with Crippen molar-refractivity contribution in [2.45, 2.75) is 74.6 Å². The third kappa shape index (κ3) is 6.86. The van der Waals surface area contributed by atoms with Gasteiger partial charge < -0.3 is 10.1 Å². The number of aromatic nitrogens is 2. The molecular formula is C27H27F7N4O5S. The first-order valence-corrected chi connectivity index (χ1v) is 15.3. The van der Waals surface area contributed by atoms with Gasteiger partial charge in [-0.15, -0.1) is 0 Å². The van der Waals surface area contributed by atoms with E-state index in [0.29, 0.717) is 24.6 Å². The van der Waals surface area contributed by atoms with Gasteiger partial charge in [-0.1, -0.05) is 0 Å². The third-order valence-corrected chi connectivity index (χ3v) is 9.39. The second kappa shape index (κ2) is 11.4. The normalized spacial score (nSPS) is 21.3. The van der Waals surface area contributed by atoms with Crippen LogP contribution in [0.4, 0.5) is 30.7 Å². The topological polar surface area (TPSA) is 119 Å². The van der Waals surface area contributed by atoms with Crippen molar-refractivity contribution in [3.8, 4) is 5.75 Å². The third-order valence-electron chi connectivity index (χ3n) is 7.57. The summed E-state index contributed by atoms with van der Waals surface area (Å²) in [6.45, 7) is -0.0569. The zero-order valence-electron chi connectivity index (χ0n) is 22.9. The molecule has 1 aromatic heterocycles. The molecule has 0 spiro atoms. The van der Waals surface area contributed by atoms with Crippen LogP contribution in [-0.2, 0) is 31.7 Å². The number of benzene rings is 1. The number of nitrogens with one attached hydrogen (secondary N) is 2. The van der Waals surface area contributed by atoms with E-state index in [2.05, 4.69) is 5.10 Å². The number of amides is 2. The van der Waals surface area contributed by atoms with E-state index < -0.39 is 93.4 Å². The van der Waals surface area contributed by atoms with Gasteiger partial charge in [-0.05, 0) is 56.2 Å². The molecule has 2 N–H and O–H groups in total. The number of hydrogen-bond donors (Lipinski definition) is 2. The number of carbonyl (C=O) groups is 2. The first-order valence-electron chi connectivity index (χ1n) is 13.7. The lowest BCUT2D eigenvalue weighted by Crippen LogP contribution is -2.60. The molecule has 240 valence electrons. The fourth-order valence-electron chi connectivity index (χ4n) is 4.96. The van der Waals surface area contributed by atoms with Gasteiger partial charge in [0.1, 0.15) is 17.1 Å². The maximum Gasteiger partial charge on any atom is 0.416 e. The Kier molecular flexibility index (Phi) is 8.22. The standard InChI is InChI=1S/C27H27F7N4O5S/c28-20-12-16(43-11-1-9-26(29,30)31)4-7-19(20)25(27(32,33)34)13-18(21-8-10-38(36-21)14-15-2-3-15)22(23(39)35-25)24(40)37-44(41,42)17-5-6-17/h4,7-8,10,12,15,17H,1-3,5-6,9,11,13-14H2,(H,35,39)(H,37,40)/t25-/m0/s1. The molecule has 0 radical (unpaired) electrons. The number of hydrogen-bond acceptors (Lipinski definition) is 6. The Balaban J connectivity index is 1.52. The van der Waals surface area contributed by atoms with Crippen LogP contribution in [0.5, 0.6) is 5.75 Å². The molecule has 2 aromatic rings. The van der Waals surface area contributed by atoms with E-state index in [1.807, 2.05) is 0 Å². The van der Waals surface area contributed by atoms with E-state index in [1.54, 1.807) is 10.0 Å². The fourth-order valence-corrected chi connectivity index (χ4v) is 6.25. The lowest BCUT2D eigenvalue weighted by Gasteiger charge is -2.41. The first kappa shape index (κ1) is 31.8. The minimum atomic E-state index is -5.36. The number of carbonyl (C=O) groups excluding carboxylic acids is 2. The van der Waals surface area contributed by atoms with Gasteiger partial charge in [-0.25, -0.2) is 17.5 Å². The average Bonchev–Trinajstić information content (AvgIpc) is 3.83. The van der Waals surface area contributed by atoms with Crippen molar-refractivity contribution in [2.24, 2.45) is 5.92 Å². The summed E-state index contributed by atoms with van der Waals surface area (Å²) in [5.41, 5.74) is -6.14. The van der Waals surface area contributed by atoms with Crippen molar-refractivity contribution >= 4 is 27.4 Å². The van der Waals surface area contributed by atoms with Crippen LogP contribution in [0.3, 0.4) is 0 Å². The van der Waals surface area contributed by atoms with Crippen molar-refractivity contribution in [3.63, 3.8) is 0 Å². The van der Waals surface area contributed by atoms with Crippen LogP contribution in [0.1, 0.15) is 56.2 Å². The van der Waals surface area contributed by atoms with Gasteiger partial charge in [-0.2, -0.15) is 31.4 Å². The van der Waals surface area contributed by atoms with E-state index in [-0.39, 0.29) is 24.3 Å². The number of ether oxygens (including phenoxy) is 1. The summed E-state index contributed by atoms with van der Waals surface area (Å²) in [6.07, 6.45) is -8.86. The molecule has 1 aromatic carbocycles. The maximum atomic E-state index is 15.4. The lowest BCUT2D eigenvalue weighted by atomic mass is 9.77. The lowest BCUT2D eigenvalue weighted by molar-refractivity contribution is -0.202. The van der Waals surface area contributed by atoms with Gasteiger partial charge in [-0.3, -0.25) is 14.3 Å². The Bertz CT molecular complexity index is 1590. The molecule has 2 amide bonds. The van der Waals surface area contributed by atoms with Gasteiger partial charge >= 0.3 is 12.4 Å². The summed E-state index contributed by atoms with van der Waals surface area (Å²) >= 11 is 0. The minimum absolute atomic E-state index is 0.201. The molecule has 17 heteroatoms. The molecule has 2 fully saturated rings. The predicted molar refractivity (Wildman–Crippen MR) is 140 cm³/mol. The van der Waals surface area contributed by atoms with Crippen molar-refractivity contribution < 1.29 is 53.5 Å². The van der Waals surface area contributed by atoms with E-state index in [1.165, 1.54) is 16.9 Å². The van der Waals surface area contributed by atoms with Gasteiger partial charge in [0.05, 0.1) is 17.6 Å². The van der Waals surface area contributed by atoms with Gasteiger partial charge in [0, 0.05) is 42.8 Å². The summed E-state index contributed by atoms with van der Waals surface area (Å²) in [7, 11) is -4.20. The number of nitrogens with zero attached hydrogens (tertiary/aromatic N) is 2. The highest BCUT2D eigenvalue weighted by Gasteiger charge is 2.61. The van der Waals surface area contributed by atoms with Crippen LogP contribution in [0.15, 0.2) is 36.0 Å². The predicted octanol–water partition coefficient (Wildman–Crippen LogP) is 4.49. The maximum absolute atomic E-state index is 15.4. The first-order chi connectivity index (χ1) is 20.5. The molecular weight excluding hydrogens is 625 g/mol. The van der Waals surface area contributed by atoms with Crippen LogP contribution in [-0.4, -0.2) is 54.2 Å². The molecule has 3 aliphatic rings. The number of rotatable bonds is 11. The largest absolute Gasteiger partial charge is 0.493 e. The van der Waals surface area contributed by atoms with Crippen LogP contribution in [0.2, 0.25) is 0 Å². The SMILES string of the molecule is O=C1N[C@@](c2ccc(OCCCC(F)(F)F)cc2F)(C(F)(F)F)CC(c2ccn(CC3CC3)n2)=C1C(=O)NS(=O)(=O)C1CC1. The second-order valence-corrected chi connectivity index (χ2v) is 13.1. The Morgan fingerprint density at radius 1 is 1.11 bits per heavy atom. The van der Waals surface area contributed by atoms with Gasteiger partial charge in [0.15, 0.2) is 5.54 Å². The number of halogens is 7. The van der Waals surface area contributed by atoms with E-state index in [4.69, 9.17) is 4.74 Å². The van der Waals surface area contributed by atoms with Crippen molar-refractivity contribution in [3.05, 3.63) is 53.1 Å². The molecule has 1 aliphatic heterocycles. The monoisotopic (exact) mass is 652 g/mol. The summed E-state index contributed by atoms with van der Waals surface area (Å²) < 4.78 is 130. The summed E-state index contributed by atoms with van der Waals surface area (Å²) in [5.74, 6) is -4.57. The molecule has 44 heavy (non-hydrogen) atoms. The molecule has 0 bridgehead atoms. The van der Waals surface area contributed by atoms with Crippen LogP contribution >= 0.6 is 0 Å². The van der Waals surface area contributed by atoms with E-state index in [9.17, 15) is 44.3 Å². The number of sulfonamides is 1. The molecule has 0 unspecified atom stereocenters. The van der Waals surface area contributed by atoms with Gasteiger partial charge in [0.25, 0.3) is 11.8 Å². The zero-order chi connectivity index (χ0) is 32.1. The summed E-state index contributed by atoms with van der Waals surface area (Å²) in [6, 6.07) is 3.45. The molecule has 9 nitrogen and oxygen atoms in total. The van der Waals surface area contributed by atoms with E-state index >= 15 is 4.39 Å². The van der Waals surface area contributed by atoms with Crippen LogP contribution in [0.25, 0.3) is 5.57 Å². The molecule has 0 saturated heterocycles. The van der Waals surface area contributed by atoms with Crippen molar-refractivity contribution in [1.82, 2.24) is 19.8 Å². The van der Waals surface area contributed by atoms with Crippen LogP contribution in [0, 0.1) is 11.7 Å². The quantitative estimate of drug-likeness (QED) is 0.210.